The van der Waals surface area contributed by atoms with Crippen LogP contribution in [-0.2, 0) is 11.2 Å². The molecule has 28 heavy (non-hydrogen) atoms. The van der Waals surface area contributed by atoms with Crippen LogP contribution < -0.4 is 15.4 Å². The highest BCUT2D eigenvalue weighted by atomic mass is 127. The number of nitrogens with one attached hydrogen (secondary N) is 2. The van der Waals surface area contributed by atoms with Gasteiger partial charge in [-0.15, -0.1) is 24.0 Å². The fourth-order valence-electron chi connectivity index (χ4n) is 3.31. The minimum atomic E-state index is 0. The van der Waals surface area contributed by atoms with Gasteiger partial charge >= 0.3 is 0 Å². The van der Waals surface area contributed by atoms with Crippen molar-refractivity contribution in [2.24, 2.45) is 4.99 Å². The average Bonchev–Trinajstić information content (AvgIpc) is 2.70. The van der Waals surface area contributed by atoms with Gasteiger partial charge in [-0.1, -0.05) is 12.1 Å². The topological polar surface area (TPSA) is 69.2 Å². The lowest BCUT2D eigenvalue weighted by molar-refractivity contribution is -0.130. The van der Waals surface area contributed by atoms with E-state index in [1.807, 2.05) is 17.0 Å². The van der Waals surface area contributed by atoms with Crippen molar-refractivity contribution in [2.75, 3.05) is 59.0 Å². The molecule has 1 amide bonds. The van der Waals surface area contributed by atoms with E-state index in [1.165, 1.54) is 5.56 Å². The quantitative estimate of drug-likeness (QED) is 0.552. The van der Waals surface area contributed by atoms with Crippen molar-refractivity contribution in [1.82, 2.24) is 20.4 Å². The number of nitrogens with zero attached hydrogens (tertiary/aromatic N) is 3. The summed E-state index contributed by atoms with van der Waals surface area (Å²) in [6.45, 7) is 9.49. The molecule has 2 aliphatic heterocycles. The number of halogens is 1. The molecule has 1 aromatic rings. The largest absolute Gasteiger partial charge is 0.492 e. The van der Waals surface area contributed by atoms with Gasteiger partial charge in [0.25, 0.3) is 0 Å². The Hall–Kier alpha value is -1.55. The number of rotatable bonds is 7. The predicted octanol–water partition coefficient (Wildman–Crippen LogP) is 1.33. The fraction of sp³-hybridized carbons (Fsp3) is 0.600. The highest BCUT2D eigenvalue weighted by Crippen LogP contribution is 2.13. The molecule has 2 heterocycles. The highest BCUT2D eigenvalue weighted by molar-refractivity contribution is 14.0. The maximum Gasteiger partial charge on any atom is 0.219 e. The van der Waals surface area contributed by atoms with Crippen LogP contribution >= 0.6 is 24.0 Å². The lowest BCUT2D eigenvalue weighted by atomic mass is 10.1. The molecule has 0 radical (unpaired) electrons. The van der Waals surface area contributed by atoms with E-state index in [0.717, 1.165) is 76.9 Å². The summed E-state index contributed by atoms with van der Waals surface area (Å²) in [5.74, 6) is 2.00. The molecular weight excluding hydrogens is 469 g/mol. The van der Waals surface area contributed by atoms with Crippen LogP contribution in [0.3, 0.4) is 0 Å². The van der Waals surface area contributed by atoms with Gasteiger partial charge in [0.2, 0.25) is 5.91 Å². The van der Waals surface area contributed by atoms with Gasteiger partial charge in [0.05, 0.1) is 0 Å². The first-order valence-electron chi connectivity index (χ1n) is 9.92. The van der Waals surface area contributed by atoms with E-state index in [2.05, 4.69) is 32.7 Å². The molecule has 1 saturated heterocycles. The van der Waals surface area contributed by atoms with Gasteiger partial charge in [0, 0.05) is 59.3 Å². The SMILES string of the molecule is CC(=O)N1CCN(CCOc2ccc(CCNC3=NCCCN3)cc2)CC1.I. The first-order valence-corrected chi connectivity index (χ1v) is 9.92. The Morgan fingerprint density at radius 2 is 1.96 bits per heavy atom. The third kappa shape index (κ3) is 7.46. The molecule has 2 aliphatic rings. The van der Waals surface area contributed by atoms with Gasteiger partial charge in [-0.3, -0.25) is 14.7 Å². The van der Waals surface area contributed by atoms with Crippen molar-refractivity contribution in [2.45, 2.75) is 19.8 Å². The third-order valence-electron chi connectivity index (χ3n) is 5.02. The zero-order valence-corrected chi connectivity index (χ0v) is 19.0. The second-order valence-electron chi connectivity index (χ2n) is 7.03. The minimum absolute atomic E-state index is 0. The minimum Gasteiger partial charge on any atom is -0.492 e. The molecule has 7 nitrogen and oxygen atoms in total. The Morgan fingerprint density at radius 1 is 1.21 bits per heavy atom. The Balaban J connectivity index is 0.00000280. The number of carbonyl (C=O) groups excluding carboxylic acids is 1. The van der Waals surface area contributed by atoms with Gasteiger partial charge < -0.3 is 20.3 Å². The van der Waals surface area contributed by atoms with E-state index >= 15 is 0 Å². The number of ether oxygens (including phenoxy) is 1. The van der Waals surface area contributed by atoms with Gasteiger partial charge in [-0.05, 0) is 30.5 Å². The van der Waals surface area contributed by atoms with Gasteiger partial charge in [-0.2, -0.15) is 0 Å². The van der Waals surface area contributed by atoms with Gasteiger partial charge in [0.1, 0.15) is 12.4 Å². The molecular formula is C20H32IN5O2. The van der Waals surface area contributed by atoms with E-state index in [1.54, 1.807) is 6.92 Å². The van der Waals surface area contributed by atoms with Crippen LogP contribution in [-0.4, -0.2) is 80.6 Å². The van der Waals surface area contributed by atoms with Crippen LogP contribution in [0, 0.1) is 0 Å². The second-order valence-corrected chi connectivity index (χ2v) is 7.03. The van der Waals surface area contributed by atoms with Crippen LogP contribution in [0.5, 0.6) is 5.75 Å². The summed E-state index contributed by atoms with van der Waals surface area (Å²) < 4.78 is 5.87. The number of benzene rings is 1. The molecule has 156 valence electrons. The number of hydrogen-bond donors (Lipinski definition) is 2. The smallest absolute Gasteiger partial charge is 0.219 e. The molecule has 0 aliphatic carbocycles. The van der Waals surface area contributed by atoms with Crippen LogP contribution in [0.1, 0.15) is 18.9 Å². The van der Waals surface area contributed by atoms with Crippen LogP contribution in [0.2, 0.25) is 0 Å². The van der Waals surface area contributed by atoms with Crippen molar-refractivity contribution in [3.8, 4) is 5.75 Å². The number of carbonyl (C=O) groups is 1. The molecule has 1 aromatic carbocycles. The second kappa shape index (κ2) is 12.1. The summed E-state index contributed by atoms with van der Waals surface area (Å²) in [5.41, 5.74) is 1.28. The molecule has 0 spiro atoms. The molecule has 0 saturated carbocycles. The lowest BCUT2D eigenvalue weighted by Gasteiger charge is -2.34. The van der Waals surface area contributed by atoms with E-state index in [9.17, 15) is 4.79 Å². The van der Waals surface area contributed by atoms with Gasteiger partial charge in [0.15, 0.2) is 5.96 Å². The number of hydrogen-bond acceptors (Lipinski definition) is 6. The lowest BCUT2D eigenvalue weighted by Crippen LogP contribution is -2.48. The molecule has 2 N–H and O–H groups in total. The maximum atomic E-state index is 11.3. The highest BCUT2D eigenvalue weighted by Gasteiger charge is 2.18. The monoisotopic (exact) mass is 501 g/mol. The number of aliphatic imine (C=N–C) groups is 1. The Labute approximate surface area is 184 Å². The molecule has 8 heteroatoms. The molecule has 0 aromatic heterocycles. The first kappa shape index (κ1) is 22.7. The molecule has 1 fully saturated rings. The summed E-state index contributed by atoms with van der Waals surface area (Å²) >= 11 is 0. The van der Waals surface area contributed by atoms with E-state index in [-0.39, 0.29) is 29.9 Å². The summed E-state index contributed by atoms with van der Waals surface area (Å²) in [7, 11) is 0. The summed E-state index contributed by atoms with van der Waals surface area (Å²) in [6, 6.07) is 8.33. The Kier molecular flexibility index (Phi) is 9.83. The van der Waals surface area contributed by atoms with E-state index in [4.69, 9.17) is 4.74 Å². The number of amides is 1. The third-order valence-corrected chi connectivity index (χ3v) is 5.02. The standard InChI is InChI=1S/C20H31N5O2.HI/c1-17(26)25-13-11-24(12-14-25)15-16-27-19-5-3-18(4-6-19)7-10-23-20-21-8-2-9-22-20;/h3-6H,2,7-16H2,1H3,(H2,21,22,23);1H. The Bertz CT molecular complexity index is 630. The van der Waals surface area contributed by atoms with Gasteiger partial charge in [-0.25, -0.2) is 0 Å². The van der Waals surface area contributed by atoms with Crippen LogP contribution in [0.25, 0.3) is 0 Å². The molecule has 3 rings (SSSR count). The summed E-state index contributed by atoms with van der Waals surface area (Å²) in [4.78, 5) is 20.0. The first-order chi connectivity index (χ1) is 13.2. The van der Waals surface area contributed by atoms with Crippen molar-refractivity contribution in [3.63, 3.8) is 0 Å². The zero-order valence-electron chi connectivity index (χ0n) is 16.7. The Morgan fingerprint density at radius 3 is 2.61 bits per heavy atom. The zero-order chi connectivity index (χ0) is 18.9. The van der Waals surface area contributed by atoms with Crippen molar-refractivity contribution >= 4 is 35.8 Å². The maximum absolute atomic E-state index is 11.3. The average molecular weight is 501 g/mol. The van der Waals surface area contributed by atoms with Crippen molar-refractivity contribution in [3.05, 3.63) is 29.8 Å². The molecule has 0 bridgehead atoms. The number of guanidine groups is 1. The molecule has 0 unspecified atom stereocenters. The fourth-order valence-corrected chi connectivity index (χ4v) is 3.31. The van der Waals surface area contributed by atoms with E-state index in [0.29, 0.717) is 6.61 Å². The normalized spacial score (nSPS) is 17.2. The summed E-state index contributed by atoms with van der Waals surface area (Å²) in [6.07, 6.45) is 2.07. The van der Waals surface area contributed by atoms with Crippen molar-refractivity contribution < 1.29 is 9.53 Å². The van der Waals surface area contributed by atoms with Crippen LogP contribution in [0.4, 0.5) is 0 Å². The summed E-state index contributed by atoms with van der Waals surface area (Å²) in [5, 5.41) is 6.61. The van der Waals surface area contributed by atoms with E-state index < -0.39 is 0 Å². The number of piperazine rings is 1. The molecule has 0 atom stereocenters. The predicted molar refractivity (Wildman–Crippen MR) is 123 cm³/mol. The van der Waals surface area contributed by atoms with Crippen LogP contribution in [0.15, 0.2) is 29.3 Å². The van der Waals surface area contributed by atoms with Crippen molar-refractivity contribution in [1.29, 1.82) is 0 Å².